The third kappa shape index (κ3) is 2.06. The van der Waals surface area contributed by atoms with Gasteiger partial charge in [0.1, 0.15) is 0 Å². The number of aliphatic hydroxyl groups is 1. The molecular weight excluding hydrogens is 228 g/mol. The van der Waals surface area contributed by atoms with Crippen LogP contribution in [0.3, 0.4) is 0 Å². The van der Waals surface area contributed by atoms with Crippen LogP contribution >= 0.6 is 0 Å². The third-order valence-electron chi connectivity index (χ3n) is 3.70. The second-order valence-corrected chi connectivity index (χ2v) is 5.07. The number of nitrogens with zero attached hydrogens (tertiary/aromatic N) is 3. The van der Waals surface area contributed by atoms with E-state index in [1.165, 1.54) is 5.56 Å². The number of hydrogen-bond acceptors (Lipinski definition) is 4. The van der Waals surface area contributed by atoms with Crippen LogP contribution in [0.2, 0.25) is 0 Å². The summed E-state index contributed by atoms with van der Waals surface area (Å²) in [5.41, 5.74) is 2.03. The Morgan fingerprint density at radius 2 is 2.39 bits per heavy atom. The Labute approximate surface area is 106 Å². The minimum absolute atomic E-state index is 0.240. The molecule has 96 valence electrons. The molecule has 18 heavy (non-hydrogen) atoms. The van der Waals surface area contributed by atoms with Crippen LogP contribution in [-0.4, -0.2) is 32.4 Å². The molecular formula is C13H18N4O. The molecule has 3 rings (SSSR count). The highest BCUT2D eigenvalue weighted by atomic mass is 16.3. The summed E-state index contributed by atoms with van der Waals surface area (Å²) in [6, 6.07) is 4.32. The van der Waals surface area contributed by atoms with Crippen LogP contribution in [0.4, 0.5) is 5.95 Å². The van der Waals surface area contributed by atoms with Gasteiger partial charge in [-0.15, -0.1) is 5.10 Å². The van der Waals surface area contributed by atoms with Crippen LogP contribution in [-0.2, 0) is 0 Å². The fraction of sp³-hybridized carbons (Fsp3) is 0.538. The largest absolute Gasteiger partial charge is 0.396 e. The quantitative estimate of drug-likeness (QED) is 0.863. The molecule has 0 saturated heterocycles. The number of hydrogen-bond donors (Lipinski definition) is 2. The first kappa shape index (κ1) is 11.5. The van der Waals surface area contributed by atoms with E-state index < -0.39 is 0 Å². The number of fused-ring (bicyclic) bond motifs is 1. The van der Waals surface area contributed by atoms with Crippen LogP contribution < -0.4 is 5.32 Å². The zero-order valence-electron chi connectivity index (χ0n) is 10.5. The van der Waals surface area contributed by atoms with E-state index in [2.05, 4.69) is 15.4 Å². The number of rotatable bonds is 3. The Bertz CT molecular complexity index is 551. The Morgan fingerprint density at radius 1 is 1.50 bits per heavy atom. The molecule has 5 nitrogen and oxygen atoms in total. The molecule has 1 saturated carbocycles. The summed E-state index contributed by atoms with van der Waals surface area (Å²) in [5.74, 6) is 0.990. The molecule has 0 aliphatic heterocycles. The first-order valence-electron chi connectivity index (χ1n) is 6.46. The molecule has 2 aromatic heterocycles. The summed E-state index contributed by atoms with van der Waals surface area (Å²) in [6.07, 6.45) is 5.25. The van der Waals surface area contributed by atoms with E-state index in [0.29, 0.717) is 17.9 Å². The van der Waals surface area contributed by atoms with Gasteiger partial charge in [-0.05, 0) is 37.5 Å². The van der Waals surface area contributed by atoms with Crippen molar-refractivity contribution in [2.24, 2.45) is 5.92 Å². The van der Waals surface area contributed by atoms with E-state index in [1.807, 2.05) is 25.3 Å². The molecule has 1 aliphatic carbocycles. The Balaban J connectivity index is 1.82. The van der Waals surface area contributed by atoms with Crippen LogP contribution in [0, 0.1) is 12.8 Å². The lowest BCUT2D eigenvalue weighted by Gasteiger charge is -2.17. The van der Waals surface area contributed by atoms with E-state index in [9.17, 15) is 5.11 Å². The maximum absolute atomic E-state index is 9.30. The van der Waals surface area contributed by atoms with Gasteiger partial charge in [0.2, 0.25) is 5.95 Å². The molecule has 0 spiro atoms. The number of aromatic nitrogens is 3. The fourth-order valence-electron chi connectivity index (χ4n) is 2.66. The first-order valence-corrected chi connectivity index (χ1v) is 6.46. The van der Waals surface area contributed by atoms with Crippen molar-refractivity contribution in [2.75, 3.05) is 11.9 Å². The average Bonchev–Trinajstić information content (AvgIpc) is 2.94. The van der Waals surface area contributed by atoms with Gasteiger partial charge in [0, 0.05) is 24.8 Å². The summed E-state index contributed by atoms with van der Waals surface area (Å²) >= 11 is 0. The van der Waals surface area contributed by atoms with Crippen molar-refractivity contribution in [3.8, 4) is 0 Å². The lowest BCUT2D eigenvalue weighted by Crippen LogP contribution is -2.26. The number of aryl methyl sites for hydroxylation is 1. The molecule has 2 unspecified atom stereocenters. The van der Waals surface area contributed by atoms with E-state index >= 15 is 0 Å². The van der Waals surface area contributed by atoms with Crippen molar-refractivity contribution in [1.82, 2.24) is 14.6 Å². The fourth-order valence-corrected chi connectivity index (χ4v) is 2.66. The molecule has 1 aliphatic rings. The summed E-state index contributed by atoms with van der Waals surface area (Å²) in [5, 5.41) is 17.1. The van der Waals surface area contributed by atoms with Gasteiger partial charge >= 0.3 is 0 Å². The van der Waals surface area contributed by atoms with Gasteiger partial charge in [0.25, 0.3) is 0 Å². The van der Waals surface area contributed by atoms with E-state index in [1.54, 1.807) is 4.52 Å². The van der Waals surface area contributed by atoms with Gasteiger partial charge in [-0.1, -0.05) is 6.42 Å². The van der Waals surface area contributed by atoms with Crippen molar-refractivity contribution in [1.29, 1.82) is 0 Å². The molecule has 0 amide bonds. The van der Waals surface area contributed by atoms with Crippen molar-refractivity contribution in [3.63, 3.8) is 0 Å². The predicted molar refractivity (Wildman–Crippen MR) is 69.6 cm³/mol. The second-order valence-electron chi connectivity index (χ2n) is 5.07. The molecule has 2 N–H and O–H groups in total. The Hall–Kier alpha value is -1.62. The van der Waals surface area contributed by atoms with Gasteiger partial charge in [-0.2, -0.15) is 4.98 Å². The van der Waals surface area contributed by atoms with Gasteiger partial charge in [0.05, 0.1) is 0 Å². The average molecular weight is 246 g/mol. The van der Waals surface area contributed by atoms with E-state index in [0.717, 1.165) is 24.9 Å². The van der Waals surface area contributed by atoms with E-state index in [-0.39, 0.29) is 6.61 Å². The van der Waals surface area contributed by atoms with Gasteiger partial charge < -0.3 is 10.4 Å². The highest BCUT2D eigenvalue weighted by Crippen LogP contribution is 2.27. The van der Waals surface area contributed by atoms with Crippen molar-refractivity contribution < 1.29 is 5.11 Å². The summed E-state index contributed by atoms with van der Waals surface area (Å²) in [7, 11) is 0. The van der Waals surface area contributed by atoms with E-state index in [4.69, 9.17) is 0 Å². The smallest absolute Gasteiger partial charge is 0.243 e. The molecule has 1 fully saturated rings. The van der Waals surface area contributed by atoms with Crippen LogP contribution in [0.15, 0.2) is 18.3 Å². The highest BCUT2D eigenvalue weighted by molar-refractivity contribution is 5.45. The topological polar surface area (TPSA) is 62.5 Å². The maximum Gasteiger partial charge on any atom is 0.243 e. The van der Waals surface area contributed by atoms with Crippen LogP contribution in [0.5, 0.6) is 0 Å². The third-order valence-corrected chi connectivity index (χ3v) is 3.70. The highest BCUT2D eigenvalue weighted by Gasteiger charge is 2.27. The first-order chi connectivity index (χ1) is 8.76. The zero-order chi connectivity index (χ0) is 12.5. The van der Waals surface area contributed by atoms with Crippen molar-refractivity contribution in [3.05, 3.63) is 23.9 Å². The summed E-state index contributed by atoms with van der Waals surface area (Å²) in [4.78, 5) is 4.46. The minimum Gasteiger partial charge on any atom is -0.396 e. The minimum atomic E-state index is 0.240. The predicted octanol–water partition coefficient (Wildman–Crippen LogP) is 1.61. The molecule has 2 heterocycles. The lowest BCUT2D eigenvalue weighted by molar-refractivity contribution is 0.222. The second kappa shape index (κ2) is 4.57. The molecule has 0 bridgehead atoms. The van der Waals surface area contributed by atoms with Crippen molar-refractivity contribution in [2.45, 2.75) is 32.2 Å². The van der Waals surface area contributed by atoms with Gasteiger partial charge in [0.15, 0.2) is 5.65 Å². The maximum atomic E-state index is 9.30. The number of anilines is 1. The monoisotopic (exact) mass is 246 g/mol. The number of nitrogens with one attached hydrogen (secondary N) is 1. The molecule has 2 atom stereocenters. The molecule has 0 aromatic carbocycles. The van der Waals surface area contributed by atoms with Crippen molar-refractivity contribution >= 4 is 11.6 Å². The standard InChI is InChI=1S/C13H18N4O/c1-9-5-6-17-12(7-9)15-13(16-17)14-11-4-2-3-10(11)8-18/h5-7,10-11,18H,2-4,8H2,1H3,(H,14,16). The molecule has 5 heteroatoms. The molecule has 0 radical (unpaired) electrons. The summed E-state index contributed by atoms with van der Waals surface area (Å²) < 4.78 is 1.78. The molecule has 2 aromatic rings. The Kier molecular flexibility index (Phi) is 2.91. The summed E-state index contributed by atoms with van der Waals surface area (Å²) in [6.45, 7) is 2.28. The normalized spacial score (nSPS) is 23.7. The Morgan fingerprint density at radius 3 is 3.22 bits per heavy atom. The van der Waals surface area contributed by atoms with Crippen LogP contribution in [0.1, 0.15) is 24.8 Å². The number of pyridine rings is 1. The van der Waals surface area contributed by atoms with Gasteiger partial charge in [-0.3, -0.25) is 0 Å². The lowest BCUT2D eigenvalue weighted by atomic mass is 10.1. The SMILES string of the molecule is Cc1ccn2nc(NC3CCCC3CO)nc2c1. The van der Waals surface area contributed by atoms with Gasteiger partial charge in [-0.25, -0.2) is 4.52 Å². The van der Waals surface area contributed by atoms with Crippen LogP contribution in [0.25, 0.3) is 5.65 Å². The zero-order valence-corrected chi connectivity index (χ0v) is 10.5. The number of aliphatic hydroxyl groups excluding tert-OH is 1.